The molecule has 0 saturated carbocycles. The van der Waals surface area contributed by atoms with Crippen LogP contribution >= 0.6 is 0 Å². The molecule has 3 N–H and O–H groups in total. The van der Waals surface area contributed by atoms with Crippen molar-refractivity contribution in [1.29, 1.82) is 0 Å². The summed E-state index contributed by atoms with van der Waals surface area (Å²) in [5.74, 6) is 0.123. The molecule has 0 spiro atoms. The number of piperazine rings is 1. The van der Waals surface area contributed by atoms with Crippen LogP contribution in [0.3, 0.4) is 0 Å². The number of rotatable bonds is 3. The number of carbonyl (C=O) groups excluding carboxylic acids is 1. The van der Waals surface area contributed by atoms with Gasteiger partial charge in [0.15, 0.2) is 0 Å². The predicted molar refractivity (Wildman–Crippen MR) is 51.2 cm³/mol. The van der Waals surface area contributed by atoms with Gasteiger partial charge in [-0.1, -0.05) is 6.92 Å². The summed E-state index contributed by atoms with van der Waals surface area (Å²) in [6, 6.07) is -0.422. The van der Waals surface area contributed by atoms with Crippen LogP contribution in [0.15, 0.2) is 0 Å². The lowest BCUT2D eigenvalue weighted by atomic mass is 10.2. The highest BCUT2D eigenvalue weighted by atomic mass is 32.2. The van der Waals surface area contributed by atoms with Gasteiger partial charge in [-0.2, -0.15) is 0 Å². The summed E-state index contributed by atoms with van der Waals surface area (Å²) in [4.78, 5) is 11.0. The van der Waals surface area contributed by atoms with Crippen molar-refractivity contribution in [2.24, 2.45) is 5.73 Å². The third-order valence-electron chi connectivity index (χ3n) is 2.03. The van der Waals surface area contributed by atoms with Gasteiger partial charge >= 0.3 is 0 Å². The van der Waals surface area contributed by atoms with Crippen molar-refractivity contribution >= 4 is 16.9 Å². The first-order valence-corrected chi connectivity index (χ1v) is 5.59. The fraction of sp³-hybridized carbons (Fsp3) is 0.857. The van der Waals surface area contributed by atoms with E-state index in [1.807, 2.05) is 6.92 Å². The Hall–Kier alpha value is -0.460. The normalized spacial score (nSPS) is 27.0. The first-order chi connectivity index (χ1) is 6.16. The van der Waals surface area contributed by atoms with Crippen molar-refractivity contribution in [1.82, 2.24) is 9.62 Å². The molecule has 1 aliphatic rings. The molecule has 1 aliphatic heterocycles. The largest absolute Gasteiger partial charge is 0.368 e. The van der Waals surface area contributed by atoms with Gasteiger partial charge in [0.05, 0.1) is 11.0 Å². The van der Waals surface area contributed by atoms with Gasteiger partial charge in [-0.3, -0.25) is 4.79 Å². The Labute approximate surface area is 80.2 Å². The second-order valence-corrected chi connectivity index (χ2v) is 4.56. The summed E-state index contributed by atoms with van der Waals surface area (Å²) < 4.78 is 13.1. The molecule has 2 atom stereocenters. The minimum Gasteiger partial charge on any atom is -0.368 e. The lowest BCUT2D eigenvalue weighted by Gasteiger charge is -2.32. The first kappa shape index (κ1) is 10.6. The second kappa shape index (κ2) is 4.69. The molecular formula is C7H15N3O2S. The van der Waals surface area contributed by atoms with Gasteiger partial charge in [0, 0.05) is 25.4 Å². The zero-order chi connectivity index (χ0) is 9.84. The molecule has 0 aliphatic carbocycles. The van der Waals surface area contributed by atoms with Gasteiger partial charge in [-0.25, -0.2) is 8.51 Å². The van der Waals surface area contributed by atoms with Crippen molar-refractivity contribution in [3.05, 3.63) is 0 Å². The Morgan fingerprint density at radius 2 is 2.46 bits per heavy atom. The van der Waals surface area contributed by atoms with Gasteiger partial charge < -0.3 is 11.1 Å². The molecule has 1 fully saturated rings. The van der Waals surface area contributed by atoms with Crippen molar-refractivity contribution in [2.45, 2.75) is 13.0 Å². The Morgan fingerprint density at radius 1 is 1.77 bits per heavy atom. The highest BCUT2D eigenvalue weighted by Gasteiger charge is 2.29. The number of hydrogen-bond donors (Lipinski definition) is 2. The van der Waals surface area contributed by atoms with Gasteiger partial charge in [0.1, 0.15) is 6.04 Å². The molecule has 0 aromatic rings. The molecule has 1 saturated heterocycles. The maximum absolute atomic E-state index is 11.5. The fourth-order valence-corrected chi connectivity index (χ4v) is 2.43. The molecule has 0 bridgehead atoms. The number of nitrogens with two attached hydrogens (primary N) is 1. The van der Waals surface area contributed by atoms with E-state index >= 15 is 0 Å². The summed E-state index contributed by atoms with van der Waals surface area (Å²) in [6.07, 6.45) is 0. The number of amides is 1. The Kier molecular flexibility index (Phi) is 3.83. The second-order valence-electron chi connectivity index (χ2n) is 2.87. The third-order valence-corrected chi connectivity index (χ3v) is 3.49. The van der Waals surface area contributed by atoms with Crippen molar-refractivity contribution in [3.8, 4) is 0 Å². The molecule has 76 valence electrons. The van der Waals surface area contributed by atoms with Crippen LogP contribution in [0.25, 0.3) is 0 Å². The van der Waals surface area contributed by atoms with Crippen LogP contribution in [0.4, 0.5) is 0 Å². The summed E-state index contributed by atoms with van der Waals surface area (Å²) in [5.41, 5.74) is 5.20. The van der Waals surface area contributed by atoms with E-state index < -0.39 is 22.9 Å². The van der Waals surface area contributed by atoms with Crippen LogP contribution in [-0.4, -0.2) is 45.9 Å². The van der Waals surface area contributed by atoms with Crippen molar-refractivity contribution < 1.29 is 9.00 Å². The quantitative estimate of drug-likeness (QED) is 0.584. The maximum Gasteiger partial charge on any atom is 0.237 e. The molecule has 5 nitrogen and oxygen atoms in total. The van der Waals surface area contributed by atoms with Crippen LogP contribution in [-0.2, 0) is 15.8 Å². The fourth-order valence-electron chi connectivity index (χ4n) is 1.34. The van der Waals surface area contributed by atoms with Gasteiger partial charge in [-0.05, 0) is 0 Å². The van der Waals surface area contributed by atoms with E-state index in [0.717, 1.165) is 6.54 Å². The maximum atomic E-state index is 11.5. The highest BCUT2D eigenvalue weighted by Crippen LogP contribution is 2.06. The number of primary amides is 1. The van der Waals surface area contributed by atoms with Crippen LogP contribution in [0.2, 0.25) is 0 Å². The lowest BCUT2D eigenvalue weighted by molar-refractivity contribution is -0.121. The van der Waals surface area contributed by atoms with Crippen molar-refractivity contribution in [3.63, 3.8) is 0 Å². The zero-order valence-electron chi connectivity index (χ0n) is 7.66. The lowest BCUT2D eigenvalue weighted by Crippen LogP contribution is -2.57. The topological polar surface area (TPSA) is 75.4 Å². The van der Waals surface area contributed by atoms with E-state index in [0.29, 0.717) is 18.8 Å². The minimum atomic E-state index is -1.07. The summed E-state index contributed by atoms with van der Waals surface area (Å²) in [6.45, 7) is 3.71. The summed E-state index contributed by atoms with van der Waals surface area (Å²) in [7, 11) is -1.07. The van der Waals surface area contributed by atoms with E-state index in [4.69, 9.17) is 5.73 Å². The minimum absolute atomic E-state index is 0.408. The van der Waals surface area contributed by atoms with E-state index in [1.165, 1.54) is 0 Å². The summed E-state index contributed by atoms with van der Waals surface area (Å²) >= 11 is 0. The molecule has 13 heavy (non-hydrogen) atoms. The molecular weight excluding hydrogens is 190 g/mol. The Bertz CT molecular complexity index is 222. The van der Waals surface area contributed by atoms with E-state index in [2.05, 4.69) is 5.32 Å². The van der Waals surface area contributed by atoms with Crippen LogP contribution in [0.5, 0.6) is 0 Å². The Morgan fingerprint density at radius 3 is 3.00 bits per heavy atom. The van der Waals surface area contributed by atoms with Crippen LogP contribution in [0, 0.1) is 0 Å². The number of nitrogens with one attached hydrogen (secondary N) is 1. The van der Waals surface area contributed by atoms with E-state index in [-0.39, 0.29) is 0 Å². The number of carbonyl (C=O) groups is 1. The summed E-state index contributed by atoms with van der Waals surface area (Å²) in [5, 5.41) is 3.05. The van der Waals surface area contributed by atoms with Gasteiger partial charge in [-0.15, -0.1) is 0 Å². The molecule has 2 unspecified atom stereocenters. The standard InChI is InChI=1S/C7H15N3O2S/c1-2-13(12)10-4-3-9-5-6(10)7(8)11/h6,9H,2-5H2,1H3,(H2,8,11). The SMILES string of the molecule is CCS(=O)N1CCNCC1C(N)=O. The molecule has 6 heteroatoms. The number of hydrogen-bond acceptors (Lipinski definition) is 3. The van der Waals surface area contributed by atoms with Crippen molar-refractivity contribution in [2.75, 3.05) is 25.4 Å². The zero-order valence-corrected chi connectivity index (χ0v) is 8.47. The molecule has 0 radical (unpaired) electrons. The van der Waals surface area contributed by atoms with Crippen LogP contribution in [0.1, 0.15) is 6.92 Å². The smallest absolute Gasteiger partial charge is 0.237 e. The van der Waals surface area contributed by atoms with E-state index in [9.17, 15) is 9.00 Å². The van der Waals surface area contributed by atoms with E-state index in [1.54, 1.807) is 4.31 Å². The van der Waals surface area contributed by atoms with Gasteiger partial charge in [0.25, 0.3) is 0 Å². The monoisotopic (exact) mass is 205 g/mol. The molecule has 1 rings (SSSR count). The first-order valence-electron chi connectivity index (χ1n) is 4.32. The molecule has 0 aromatic heterocycles. The molecule has 0 aromatic carbocycles. The average Bonchev–Trinajstić information content (AvgIpc) is 2.16. The van der Waals surface area contributed by atoms with Gasteiger partial charge in [0.2, 0.25) is 5.91 Å². The molecule has 1 amide bonds. The third kappa shape index (κ3) is 2.49. The highest BCUT2D eigenvalue weighted by molar-refractivity contribution is 7.82. The average molecular weight is 205 g/mol. The van der Waals surface area contributed by atoms with Crippen LogP contribution < -0.4 is 11.1 Å². The Balaban J connectivity index is 2.67. The molecule has 1 heterocycles. The predicted octanol–water partition coefficient (Wildman–Crippen LogP) is -1.57. The number of nitrogens with zero attached hydrogens (tertiary/aromatic N) is 1.